The molecule has 0 heterocycles. The van der Waals surface area contributed by atoms with E-state index in [0.29, 0.717) is 23.2 Å². The molecule has 1 aliphatic carbocycles. The predicted molar refractivity (Wildman–Crippen MR) is 93.2 cm³/mol. The van der Waals surface area contributed by atoms with E-state index >= 15 is 0 Å². The zero-order valence-electron chi connectivity index (χ0n) is 13.3. The summed E-state index contributed by atoms with van der Waals surface area (Å²) in [6.07, 6.45) is 7.00. The van der Waals surface area contributed by atoms with Crippen molar-refractivity contribution in [1.82, 2.24) is 5.32 Å². The number of nitrogens with zero attached hydrogens (tertiary/aromatic N) is 1. The Hall–Kier alpha value is -1.27. The molecule has 1 amide bonds. The molecule has 0 aliphatic heterocycles. The van der Waals surface area contributed by atoms with E-state index in [1.807, 2.05) is 0 Å². The highest BCUT2D eigenvalue weighted by molar-refractivity contribution is 7.92. The third kappa shape index (κ3) is 5.39. The number of carbonyl (C=O) groups excluding carboxylic acids is 1. The maximum Gasteiger partial charge on any atom is 0.240 e. The summed E-state index contributed by atoms with van der Waals surface area (Å²) < 4.78 is 25.1. The van der Waals surface area contributed by atoms with Crippen LogP contribution in [0.15, 0.2) is 24.3 Å². The largest absolute Gasteiger partial charge is 0.354 e. The Morgan fingerprint density at radius 2 is 1.91 bits per heavy atom. The van der Waals surface area contributed by atoms with E-state index < -0.39 is 10.0 Å². The van der Waals surface area contributed by atoms with Crippen molar-refractivity contribution in [1.29, 1.82) is 0 Å². The molecular formula is C16H23ClN2O3S. The van der Waals surface area contributed by atoms with Gasteiger partial charge in [0.1, 0.15) is 6.54 Å². The quantitative estimate of drug-likeness (QED) is 0.850. The molecule has 0 atom stereocenters. The number of para-hydroxylation sites is 1. The second-order valence-electron chi connectivity index (χ2n) is 6.03. The first-order valence-corrected chi connectivity index (χ1v) is 10.1. The summed E-state index contributed by atoms with van der Waals surface area (Å²) in [5.41, 5.74) is 0.324. The van der Waals surface area contributed by atoms with Gasteiger partial charge in [0.25, 0.3) is 0 Å². The first-order chi connectivity index (χ1) is 10.9. The summed E-state index contributed by atoms with van der Waals surface area (Å²) in [5.74, 6) is 0.195. The topological polar surface area (TPSA) is 66.5 Å². The van der Waals surface area contributed by atoms with Crippen LogP contribution in [0.5, 0.6) is 0 Å². The lowest BCUT2D eigenvalue weighted by atomic mass is 9.89. The molecule has 1 saturated carbocycles. The van der Waals surface area contributed by atoms with Gasteiger partial charge in [-0.25, -0.2) is 8.42 Å². The van der Waals surface area contributed by atoms with Crippen LogP contribution in [-0.2, 0) is 14.8 Å². The zero-order valence-corrected chi connectivity index (χ0v) is 14.9. The number of halogens is 1. The van der Waals surface area contributed by atoms with Gasteiger partial charge in [-0.3, -0.25) is 9.10 Å². The number of sulfonamides is 1. The minimum absolute atomic E-state index is 0.255. The van der Waals surface area contributed by atoms with E-state index in [1.54, 1.807) is 24.3 Å². The van der Waals surface area contributed by atoms with Gasteiger partial charge in [-0.05, 0) is 30.9 Å². The Bertz CT molecular complexity index is 642. The highest BCUT2D eigenvalue weighted by Gasteiger charge is 2.23. The maximum atomic E-state index is 12.2. The van der Waals surface area contributed by atoms with Gasteiger partial charge in [-0.15, -0.1) is 0 Å². The van der Waals surface area contributed by atoms with E-state index in [1.165, 1.54) is 19.3 Å². The molecule has 23 heavy (non-hydrogen) atoms. The molecule has 1 aliphatic rings. The van der Waals surface area contributed by atoms with Crippen molar-refractivity contribution >= 4 is 33.2 Å². The molecule has 1 N–H and O–H groups in total. The van der Waals surface area contributed by atoms with Gasteiger partial charge in [0.05, 0.1) is 17.0 Å². The monoisotopic (exact) mass is 358 g/mol. The van der Waals surface area contributed by atoms with Crippen molar-refractivity contribution in [2.75, 3.05) is 23.7 Å². The molecule has 5 nitrogen and oxygen atoms in total. The highest BCUT2D eigenvalue weighted by Crippen LogP contribution is 2.27. The van der Waals surface area contributed by atoms with Crippen LogP contribution in [0.4, 0.5) is 5.69 Å². The van der Waals surface area contributed by atoms with Crippen molar-refractivity contribution in [3.63, 3.8) is 0 Å². The maximum absolute atomic E-state index is 12.2. The van der Waals surface area contributed by atoms with Gasteiger partial charge < -0.3 is 5.32 Å². The number of nitrogens with one attached hydrogen (secondary N) is 1. The number of anilines is 1. The molecule has 1 aromatic rings. The predicted octanol–water partition coefficient (Wildman–Crippen LogP) is 2.80. The van der Waals surface area contributed by atoms with Crippen molar-refractivity contribution in [2.45, 2.75) is 32.1 Å². The smallest absolute Gasteiger partial charge is 0.240 e. The highest BCUT2D eigenvalue weighted by atomic mass is 35.5. The lowest BCUT2D eigenvalue weighted by molar-refractivity contribution is -0.119. The Kier molecular flexibility index (Phi) is 6.30. The molecule has 2 rings (SSSR count). The Balaban J connectivity index is 2.01. The number of benzene rings is 1. The number of hydrogen-bond acceptors (Lipinski definition) is 3. The van der Waals surface area contributed by atoms with E-state index in [0.717, 1.165) is 23.4 Å². The Morgan fingerprint density at radius 1 is 1.26 bits per heavy atom. The molecule has 0 bridgehead atoms. The number of hydrogen-bond donors (Lipinski definition) is 1. The first kappa shape index (κ1) is 18.1. The van der Waals surface area contributed by atoms with Crippen molar-refractivity contribution in [2.24, 2.45) is 5.92 Å². The average molecular weight is 359 g/mol. The molecule has 0 unspecified atom stereocenters. The fraction of sp³-hybridized carbons (Fsp3) is 0.562. The number of amides is 1. The summed E-state index contributed by atoms with van der Waals surface area (Å²) in [6, 6.07) is 6.61. The molecule has 128 valence electrons. The van der Waals surface area contributed by atoms with E-state index in [4.69, 9.17) is 11.6 Å². The fourth-order valence-electron chi connectivity index (χ4n) is 2.87. The van der Waals surface area contributed by atoms with E-state index in [9.17, 15) is 13.2 Å². The van der Waals surface area contributed by atoms with Crippen LogP contribution < -0.4 is 9.62 Å². The van der Waals surface area contributed by atoms with Crippen LogP contribution >= 0.6 is 11.6 Å². The summed E-state index contributed by atoms with van der Waals surface area (Å²) in [7, 11) is -3.59. The molecule has 0 saturated heterocycles. The lowest BCUT2D eigenvalue weighted by Gasteiger charge is -2.25. The number of carbonyl (C=O) groups is 1. The normalized spacial score (nSPS) is 16.1. The van der Waals surface area contributed by atoms with Crippen molar-refractivity contribution < 1.29 is 13.2 Å². The SMILES string of the molecule is CS(=O)(=O)N(CC(=O)NCC1CCCCC1)c1ccccc1Cl. The Morgan fingerprint density at radius 3 is 2.52 bits per heavy atom. The van der Waals surface area contributed by atoms with Crippen LogP contribution in [0.3, 0.4) is 0 Å². The first-order valence-electron chi connectivity index (χ1n) is 7.87. The van der Waals surface area contributed by atoms with Gasteiger partial charge in [-0.2, -0.15) is 0 Å². The van der Waals surface area contributed by atoms with Crippen LogP contribution in [0.1, 0.15) is 32.1 Å². The second kappa shape index (κ2) is 8.02. The third-order valence-electron chi connectivity index (χ3n) is 4.12. The van der Waals surface area contributed by atoms with E-state index in [-0.39, 0.29) is 12.5 Å². The summed E-state index contributed by atoms with van der Waals surface area (Å²) in [4.78, 5) is 12.2. The fourth-order valence-corrected chi connectivity index (χ4v) is 4.03. The molecular weight excluding hydrogens is 336 g/mol. The lowest BCUT2D eigenvalue weighted by Crippen LogP contribution is -2.42. The summed E-state index contributed by atoms with van der Waals surface area (Å²) >= 11 is 6.07. The van der Waals surface area contributed by atoms with Gasteiger partial charge in [0, 0.05) is 6.54 Å². The van der Waals surface area contributed by atoms with Crippen LogP contribution in [0, 0.1) is 5.92 Å². The van der Waals surface area contributed by atoms with Crippen LogP contribution in [0.25, 0.3) is 0 Å². The van der Waals surface area contributed by atoms with Crippen LogP contribution in [-0.4, -0.2) is 33.7 Å². The molecule has 0 radical (unpaired) electrons. The summed E-state index contributed by atoms with van der Waals surface area (Å²) in [5, 5.41) is 3.16. The van der Waals surface area contributed by atoms with Crippen molar-refractivity contribution in [3.05, 3.63) is 29.3 Å². The molecule has 0 spiro atoms. The molecule has 0 aromatic heterocycles. The minimum Gasteiger partial charge on any atom is -0.354 e. The molecule has 1 fully saturated rings. The average Bonchev–Trinajstić information content (AvgIpc) is 2.51. The molecule has 1 aromatic carbocycles. The van der Waals surface area contributed by atoms with Gasteiger partial charge in [0.15, 0.2) is 0 Å². The van der Waals surface area contributed by atoms with Crippen molar-refractivity contribution in [3.8, 4) is 0 Å². The van der Waals surface area contributed by atoms with Gasteiger partial charge in [0.2, 0.25) is 15.9 Å². The number of rotatable bonds is 6. The Labute approximate surface area is 143 Å². The van der Waals surface area contributed by atoms with Gasteiger partial charge >= 0.3 is 0 Å². The molecule has 7 heteroatoms. The van der Waals surface area contributed by atoms with Crippen LogP contribution in [0.2, 0.25) is 5.02 Å². The summed E-state index contributed by atoms with van der Waals surface area (Å²) in [6.45, 7) is 0.355. The third-order valence-corrected chi connectivity index (χ3v) is 5.57. The van der Waals surface area contributed by atoms with E-state index in [2.05, 4.69) is 5.32 Å². The standard InChI is InChI=1S/C16H23ClN2O3S/c1-23(21,22)19(15-10-6-5-9-14(15)17)12-16(20)18-11-13-7-3-2-4-8-13/h5-6,9-10,13H,2-4,7-8,11-12H2,1H3,(H,18,20). The zero-order chi connectivity index (χ0) is 16.9. The van der Waals surface area contributed by atoms with Gasteiger partial charge in [-0.1, -0.05) is 43.0 Å². The minimum atomic E-state index is -3.59. The second-order valence-corrected chi connectivity index (χ2v) is 8.34.